The minimum Gasteiger partial charge on any atom is -0.368 e. The molecule has 1 aromatic carbocycles. The van der Waals surface area contributed by atoms with Gasteiger partial charge in [-0.3, -0.25) is 4.90 Å². The third-order valence-corrected chi connectivity index (χ3v) is 7.09. The zero-order chi connectivity index (χ0) is 17.7. The first-order valence-electron chi connectivity index (χ1n) is 10.1. The monoisotopic (exact) mass is 338 g/mol. The van der Waals surface area contributed by atoms with Crippen LogP contribution in [-0.4, -0.2) is 37.6 Å². The molecule has 2 fully saturated rings. The molecule has 1 saturated heterocycles. The van der Waals surface area contributed by atoms with Gasteiger partial charge in [-0.05, 0) is 47.6 Å². The lowest BCUT2D eigenvalue weighted by Crippen LogP contribution is -2.47. The van der Waals surface area contributed by atoms with Crippen molar-refractivity contribution in [1.82, 2.24) is 4.90 Å². The zero-order valence-electron chi connectivity index (χ0n) is 16.5. The van der Waals surface area contributed by atoms with Gasteiger partial charge in [-0.25, -0.2) is 0 Å². The summed E-state index contributed by atoms with van der Waals surface area (Å²) in [7, 11) is 0. The van der Waals surface area contributed by atoms with Gasteiger partial charge in [0.15, 0.2) is 0 Å². The van der Waals surface area contributed by atoms with Crippen LogP contribution in [0.2, 0.25) is 0 Å². The van der Waals surface area contributed by atoms with Gasteiger partial charge >= 0.3 is 0 Å². The minimum absolute atomic E-state index is 0.262. The largest absolute Gasteiger partial charge is 0.368 e. The van der Waals surface area contributed by atoms with Crippen molar-refractivity contribution >= 4 is 11.3 Å². The van der Waals surface area contributed by atoms with E-state index in [0.29, 0.717) is 5.41 Å². The molecule has 0 aromatic heterocycles. The Kier molecular flexibility index (Phi) is 4.22. The van der Waals surface area contributed by atoms with Gasteiger partial charge in [0.25, 0.3) is 0 Å². The van der Waals surface area contributed by atoms with Gasteiger partial charge in [0.1, 0.15) is 0 Å². The molecule has 0 N–H and O–H groups in total. The number of anilines is 1. The molecule has 0 atom stereocenters. The zero-order valence-corrected chi connectivity index (χ0v) is 16.5. The van der Waals surface area contributed by atoms with Gasteiger partial charge < -0.3 is 4.90 Å². The van der Waals surface area contributed by atoms with Crippen molar-refractivity contribution in [2.24, 2.45) is 16.7 Å². The van der Waals surface area contributed by atoms with E-state index in [1.165, 1.54) is 63.2 Å². The van der Waals surface area contributed by atoms with Crippen LogP contribution in [0.25, 0.3) is 5.57 Å². The van der Waals surface area contributed by atoms with Crippen LogP contribution in [0, 0.1) is 16.7 Å². The predicted octanol–water partition coefficient (Wildman–Crippen LogP) is 5.06. The highest BCUT2D eigenvalue weighted by Crippen LogP contribution is 2.54. The van der Waals surface area contributed by atoms with Gasteiger partial charge in [-0.2, -0.15) is 0 Å². The van der Waals surface area contributed by atoms with Crippen LogP contribution >= 0.6 is 0 Å². The van der Waals surface area contributed by atoms with E-state index < -0.39 is 0 Å². The fourth-order valence-corrected chi connectivity index (χ4v) is 4.42. The maximum atomic E-state index is 2.68. The smallest absolute Gasteiger partial charge is 0.0443 e. The van der Waals surface area contributed by atoms with Crippen molar-refractivity contribution < 1.29 is 0 Å². The molecular formula is C23H34N2. The van der Waals surface area contributed by atoms with Gasteiger partial charge in [0.2, 0.25) is 0 Å². The summed E-state index contributed by atoms with van der Waals surface area (Å²) in [6.07, 6.45) is 6.64. The van der Waals surface area contributed by atoms with Crippen LogP contribution in [0.4, 0.5) is 5.69 Å². The number of piperazine rings is 1. The topological polar surface area (TPSA) is 6.48 Å². The molecule has 0 radical (unpaired) electrons. The van der Waals surface area contributed by atoms with E-state index >= 15 is 0 Å². The average molecular weight is 339 g/mol. The van der Waals surface area contributed by atoms with Crippen LogP contribution in [0.3, 0.4) is 0 Å². The molecule has 136 valence electrons. The molecule has 0 amide bonds. The molecule has 1 saturated carbocycles. The molecule has 0 spiro atoms. The summed E-state index contributed by atoms with van der Waals surface area (Å²) in [5.74, 6) is 1.01. The summed E-state index contributed by atoms with van der Waals surface area (Å²) >= 11 is 0. The Hall–Kier alpha value is -1.28. The normalized spacial score (nSPS) is 25.9. The minimum atomic E-state index is 0.262. The number of benzene rings is 1. The van der Waals surface area contributed by atoms with Gasteiger partial charge in [0.05, 0.1) is 0 Å². The first kappa shape index (κ1) is 17.1. The van der Waals surface area contributed by atoms with E-state index in [4.69, 9.17) is 0 Å². The second-order valence-corrected chi connectivity index (χ2v) is 9.70. The van der Waals surface area contributed by atoms with E-state index in [2.05, 4.69) is 67.8 Å². The Labute approximate surface area is 153 Å². The van der Waals surface area contributed by atoms with Crippen LogP contribution in [-0.2, 0) is 0 Å². The fraction of sp³-hybridized carbons (Fsp3) is 0.652. The molecule has 1 heterocycles. The second kappa shape index (κ2) is 6.16. The van der Waals surface area contributed by atoms with Crippen LogP contribution in [0.15, 0.2) is 30.3 Å². The maximum Gasteiger partial charge on any atom is 0.0443 e. The van der Waals surface area contributed by atoms with E-state index in [-0.39, 0.29) is 5.41 Å². The lowest BCUT2D eigenvalue weighted by molar-refractivity contribution is 0.191. The van der Waals surface area contributed by atoms with Crippen LogP contribution in [0.5, 0.6) is 0 Å². The predicted molar refractivity (Wildman–Crippen MR) is 108 cm³/mol. The molecule has 1 aromatic rings. The van der Waals surface area contributed by atoms with Crippen LogP contribution < -0.4 is 4.90 Å². The molecule has 2 nitrogen and oxygen atoms in total. The highest BCUT2D eigenvalue weighted by molar-refractivity contribution is 5.79. The first-order chi connectivity index (χ1) is 11.9. The van der Waals surface area contributed by atoms with Crippen LogP contribution in [0.1, 0.15) is 52.5 Å². The molecule has 4 rings (SSSR count). The number of para-hydroxylation sites is 1. The van der Waals surface area contributed by atoms with Gasteiger partial charge in [-0.1, -0.05) is 52.0 Å². The summed E-state index contributed by atoms with van der Waals surface area (Å²) in [6, 6.07) is 9.10. The van der Waals surface area contributed by atoms with Crippen molar-refractivity contribution in [2.75, 3.05) is 37.6 Å². The van der Waals surface area contributed by atoms with Crippen molar-refractivity contribution in [3.8, 4) is 0 Å². The van der Waals surface area contributed by atoms with E-state index in [1.807, 2.05) is 0 Å². The van der Waals surface area contributed by atoms with Crippen molar-refractivity contribution in [2.45, 2.75) is 47.0 Å². The lowest BCUT2D eigenvalue weighted by atomic mass is 9.70. The molecule has 2 aliphatic carbocycles. The lowest BCUT2D eigenvalue weighted by Gasteiger charge is -2.37. The Morgan fingerprint density at radius 1 is 0.960 bits per heavy atom. The molecular weight excluding hydrogens is 304 g/mol. The Bertz CT molecular complexity index is 658. The quantitative estimate of drug-likeness (QED) is 0.757. The molecule has 3 aliphatic rings. The molecule has 0 bridgehead atoms. The SMILES string of the molecule is CC1(C)C=C(c2ccccc2N2CCN(CC3CC3)CC2)CC1(C)C. The van der Waals surface area contributed by atoms with Gasteiger partial charge in [-0.15, -0.1) is 0 Å². The van der Waals surface area contributed by atoms with Crippen molar-refractivity contribution in [3.05, 3.63) is 35.9 Å². The number of allylic oxidation sites excluding steroid dienone is 2. The number of rotatable bonds is 4. The molecule has 25 heavy (non-hydrogen) atoms. The Morgan fingerprint density at radius 2 is 1.64 bits per heavy atom. The second-order valence-electron chi connectivity index (χ2n) is 9.70. The summed E-state index contributed by atoms with van der Waals surface area (Å²) in [6.45, 7) is 15.7. The third kappa shape index (κ3) is 3.38. The van der Waals surface area contributed by atoms with Crippen molar-refractivity contribution in [1.29, 1.82) is 0 Å². The summed E-state index contributed by atoms with van der Waals surface area (Å²) in [5, 5.41) is 0. The molecule has 0 unspecified atom stereocenters. The number of hydrogen-bond acceptors (Lipinski definition) is 2. The van der Waals surface area contributed by atoms with E-state index in [1.54, 1.807) is 5.57 Å². The summed E-state index contributed by atoms with van der Waals surface area (Å²) in [4.78, 5) is 5.30. The third-order valence-electron chi connectivity index (χ3n) is 7.09. The first-order valence-corrected chi connectivity index (χ1v) is 10.1. The van der Waals surface area contributed by atoms with Gasteiger partial charge in [0, 0.05) is 44.0 Å². The average Bonchev–Trinajstić information content (AvgIpc) is 3.34. The molecule has 2 heteroatoms. The molecule has 1 aliphatic heterocycles. The Balaban J connectivity index is 1.52. The standard InChI is InChI=1S/C23H34N2/c1-22(2)15-19(16-23(22,3)4)20-7-5-6-8-21(20)25-13-11-24(12-14-25)17-18-9-10-18/h5-8,15,18H,9-14,16-17H2,1-4H3. The Morgan fingerprint density at radius 3 is 2.24 bits per heavy atom. The van der Waals surface area contributed by atoms with E-state index in [0.717, 1.165) is 5.92 Å². The highest BCUT2D eigenvalue weighted by atomic mass is 15.3. The number of hydrogen-bond donors (Lipinski definition) is 0. The van der Waals surface area contributed by atoms with Crippen molar-refractivity contribution in [3.63, 3.8) is 0 Å². The number of nitrogens with zero attached hydrogens (tertiary/aromatic N) is 2. The highest BCUT2D eigenvalue weighted by Gasteiger charge is 2.41. The summed E-state index contributed by atoms with van der Waals surface area (Å²) in [5.41, 5.74) is 5.06. The van der Waals surface area contributed by atoms with E-state index in [9.17, 15) is 0 Å². The summed E-state index contributed by atoms with van der Waals surface area (Å²) < 4.78 is 0. The fourth-order valence-electron chi connectivity index (χ4n) is 4.42. The maximum absolute atomic E-state index is 2.68.